The molecule has 2 atom stereocenters. The number of rotatable bonds is 6. The number of benzene rings is 1. The van der Waals surface area contributed by atoms with Crippen molar-refractivity contribution in [1.82, 2.24) is 4.72 Å². The molecule has 0 radical (unpaired) electrons. The van der Waals surface area contributed by atoms with Gasteiger partial charge < -0.3 is 5.11 Å². The molecule has 128 valence electrons. The van der Waals surface area contributed by atoms with Crippen LogP contribution in [0.1, 0.15) is 44.6 Å². The van der Waals surface area contributed by atoms with Crippen molar-refractivity contribution in [2.24, 2.45) is 11.8 Å². The molecule has 0 amide bonds. The molecule has 1 fully saturated rings. The van der Waals surface area contributed by atoms with E-state index in [0.717, 1.165) is 37.7 Å². The Morgan fingerprint density at radius 3 is 2.26 bits per heavy atom. The smallest absolute Gasteiger partial charge is 0.307 e. The molecule has 1 aromatic rings. The fourth-order valence-electron chi connectivity index (χ4n) is 3.22. The van der Waals surface area contributed by atoms with Gasteiger partial charge in [-0.25, -0.2) is 13.1 Å². The predicted octanol–water partition coefficient (Wildman–Crippen LogP) is 2.94. The Hall–Kier alpha value is -1.40. The Morgan fingerprint density at radius 2 is 1.74 bits per heavy atom. The van der Waals surface area contributed by atoms with Crippen molar-refractivity contribution in [2.45, 2.75) is 56.9 Å². The summed E-state index contributed by atoms with van der Waals surface area (Å²) in [4.78, 5) is 11.6. The summed E-state index contributed by atoms with van der Waals surface area (Å²) >= 11 is 0. The lowest BCUT2D eigenvalue weighted by molar-refractivity contribution is -0.142. The van der Waals surface area contributed by atoms with Gasteiger partial charge in [-0.3, -0.25) is 4.79 Å². The van der Waals surface area contributed by atoms with Crippen LogP contribution in [0.4, 0.5) is 0 Å². The van der Waals surface area contributed by atoms with E-state index in [9.17, 15) is 18.3 Å². The zero-order valence-electron chi connectivity index (χ0n) is 13.7. The summed E-state index contributed by atoms with van der Waals surface area (Å²) < 4.78 is 27.9. The molecule has 0 unspecified atom stereocenters. The molecule has 1 aromatic carbocycles. The molecule has 5 nitrogen and oxygen atoms in total. The van der Waals surface area contributed by atoms with Gasteiger partial charge in [0.2, 0.25) is 10.0 Å². The van der Waals surface area contributed by atoms with Crippen molar-refractivity contribution in [3.63, 3.8) is 0 Å². The molecule has 0 aromatic heterocycles. The molecule has 2 rings (SSSR count). The molecule has 0 bridgehead atoms. The van der Waals surface area contributed by atoms with E-state index in [-0.39, 0.29) is 10.8 Å². The maximum absolute atomic E-state index is 12.6. The first-order valence-corrected chi connectivity index (χ1v) is 9.61. The second-order valence-electron chi connectivity index (χ2n) is 6.49. The third-order valence-electron chi connectivity index (χ3n) is 4.71. The SMILES string of the molecule is Cc1ccc(S(=O)(=O)N[C@H](C2CCCCC2)[C@@H](C)C(=O)O)cc1. The van der Waals surface area contributed by atoms with Gasteiger partial charge in [-0.15, -0.1) is 0 Å². The van der Waals surface area contributed by atoms with E-state index in [1.807, 2.05) is 6.92 Å². The Kier molecular flexibility index (Phi) is 5.81. The number of carbonyl (C=O) groups is 1. The first kappa shape index (κ1) is 17.9. The summed E-state index contributed by atoms with van der Waals surface area (Å²) in [6.45, 7) is 3.47. The Labute approximate surface area is 138 Å². The van der Waals surface area contributed by atoms with Crippen LogP contribution >= 0.6 is 0 Å². The van der Waals surface area contributed by atoms with Gasteiger partial charge in [-0.1, -0.05) is 43.9 Å². The van der Waals surface area contributed by atoms with Crippen LogP contribution in [0.5, 0.6) is 0 Å². The van der Waals surface area contributed by atoms with E-state index >= 15 is 0 Å². The van der Waals surface area contributed by atoms with Crippen molar-refractivity contribution in [3.05, 3.63) is 29.8 Å². The van der Waals surface area contributed by atoms with Gasteiger partial charge in [-0.2, -0.15) is 0 Å². The second-order valence-corrected chi connectivity index (χ2v) is 8.20. The number of sulfonamides is 1. The number of nitrogens with one attached hydrogen (secondary N) is 1. The number of hydrogen-bond acceptors (Lipinski definition) is 3. The Balaban J connectivity index is 2.24. The molecular formula is C17H25NO4S. The van der Waals surface area contributed by atoms with Gasteiger partial charge in [-0.05, 0) is 37.8 Å². The maximum atomic E-state index is 12.6. The number of aliphatic carboxylic acids is 1. The average Bonchev–Trinajstić information content (AvgIpc) is 2.53. The third kappa shape index (κ3) is 4.54. The topological polar surface area (TPSA) is 83.5 Å². The van der Waals surface area contributed by atoms with Crippen LogP contribution < -0.4 is 4.72 Å². The average molecular weight is 339 g/mol. The number of aryl methyl sites for hydroxylation is 1. The molecule has 0 heterocycles. The zero-order valence-corrected chi connectivity index (χ0v) is 14.5. The van der Waals surface area contributed by atoms with Crippen LogP contribution in [0, 0.1) is 18.8 Å². The number of carboxylic acids is 1. The summed E-state index contributed by atoms with van der Waals surface area (Å²) in [5.41, 5.74) is 0.978. The van der Waals surface area contributed by atoms with E-state index in [1.54, 1.807) is 31.2 Å². The van der Waals surface area contributed by atoms with Crippen molar-refractivity contribution < 1.29 is 18.3 Å². The van der Waals surface area contributed by atoms with Crippen LogP contribution in [0.3, 0.4) is 0 Å². The molecule has 2 N–H and O–H groups in total. The van der Waals surface area contributed by atoms with Crippen LogP contribution in [-0.4, -0.2) is 25.5 Å². The molecule has 23 heavy (non-hydrogen) atoms. The van der Waals surface area contributed by atoms with Gasteiger partial charge in [0, 0.05) is 6.04 Å². The van der Waals surface area contributed by atoms with Crippen LogP contribution in [0.15, 0.2) is 29.2 Å². The minimum Gasteiger partial charge on any atom is -0.481 e. The Bertz CT molecular complexity index is 633. The van der Waals surface area contributed by atoms with Crippen molar-refractivity contribution in [3.8, 4) is 0 Å². The number of carboxylic acid groups (broad SMARTS) is 1. The van der Waals surface area contributed by atoms with Crippen molar-refractivity contribution >= 4 is 16.0 Å². The Morgan fingerprint density at radius 1 is 1.17 bits per heavy atom. The highest BCUT2D eigenvalue weighted by Gasteiger charge is 2.35. The normalized spacial score (nSPS) is 19.2. The number of hydrogen-bond donors (Lipinski definition) is 2. The monoisotopic (exact) mass is 339 g/mol. The van der Waals surface area contributed by atoms with Gasteiger partial charge >= 0.3 is 5.97 Å². The van der Waals surface area contributed by atoms with Crippen molar-refractivity contribution in [2.75, 3.05) is 0 Å². The predicted molar refractivity (Wildman–Crippen MR) is 88.7 cm³/mol. The summed E-state index contributed by atoms with van der Waals surface area (Å²) in [6, 6.07) is 6.02. The summed E-state index contributed by atoms with van der Waals surface area (Å²) in [5.74, 6) is -1.64. The summed E-state index contributed by atoms with van der Waals surface area (Å²) in [5, 5.41) is 9.35. The first-order valence-electron chi connectivity index (χ1n) is 8.13. The minimum absolute atomic E-state index is 0.0788. The quantitative estimate of drug-likeness (QED) is 0.834. The van der Waals surface area contributed by atoms with Gasteiger partial charge in [0.1, 0.15) is 0 Å². The molecule has 1 saturated carbocycles. The molecular weight excluding hydrogens is 314 g/mol. The molecule has 0 saturated heterocycles. The summed E-state index contributed by atoms with van der Waals surface area (Å²) in [7, 11) is -3.72. The van der Waals surface area contributed by atoms with Crippen molar-refractivity contribution in [1.29, 1.82) is 0 Å². The van der Waals surface area contributed by atoms with Crippen LogP contribution in [0.25, 0.3) is 0 Å². The molecule has 1 aliphatic carbocycles. The molecule has 6 heteroatoms. The maximum Gasteiger partial charge on any atom is 0.307 e. The van der Waals surface area contributed by atoms with Gasteiger partial charge in [0.25, 0.3) is 0 Å². The molecule has 0 aliphatic heterocycles. The third-order valence-corrected chi connectivity index (χ3v) is 6.18. The van der Waals surface area contributed by atoms with E-state index in [0.29, 0.717) is 0 Å². The summed E-state index contributed by atoms with van der Waals surface area (Å²) in [6.07, 6.45) is 4.94. The second kappa shape index (κ2) is 7.45. The van der Waals surface area contributed by atoms with Gasteiger partial charge in [0.05, 0.1) is 10.8 Å². The standard InChI is InChI=1S/C17H25NO4S/c1-12-8-10-15(11-9-12)23(21,22)18-16(13(2)17(19)20)14-6-4-3-5-7-14/h8-11,13-14,16,18H,3-7H2,1-2H3,(H,19,20)/t13-,16+/m1/s1. The van der Waals surface area contributed by atoms with Crippen LogP contribution in [-0.2, 0) is 14.8 Å². The lowest BCUT2D eigenvalue weighted by Crippen LogP contribution is -2.47. The largest absolute Gasteiger partial charge is 0.481 e. The van der Waals surface area contributed by atoms with E-state index in [4.69, 9.17) is 0 Å². The van der Waals surface area contributed by atoms with E-state index < -0.39 is 28.0 Å². The van der Waals surface area contributed by atoms with Gasteiger partial charge in [0.15, 0.2) is 0 Å². The highest BCUT2D eigenvalue weighted by atomic mass is 32.2. The fourth-order valence-corrected chi connectivity index (χ4v) is 4.60. The van der Waals surface area contributed by atoms with Crippen LogP contribution in [0.2, 0.25) is 0 Å². The van der Waals surface area contributed by atoms with E-state index in [2.05, 4.69) is 4.72 Å². The van der Waals surface area contributed by atoms with E-state index in [1.165, 1.54) is 0 Å². The lowest BCUT2D eigenvalue weighted by atomic mass is 9.79. The first-order chi connectivity index (χ1) is 10.8. The molecule has 1 aliphatic rings. The highest BCUT2D eigenvalue weighted by Crippen LogP contribution is 2.30. The molecule has 0 spiro atoms. The fraction of sp³-hybridized carbons (Fsp3) is 0.588. The zero-order chi connectivity index (χ0) is 17.0. The minimum atomic E-state index is -3.72. The lowest BCUT2D eigenvalue weighted by Gasteiger charge is -2.33. The highest BCUT2D eigenvalue weighted by molar-refractivity contribution is 7.89.